The van der Waals surface area contributed by atoms with E-state index < -0.39 is 0 Å². The molecule has 1 amide bonds. The minimum atomic E-state index is 0.216. The van der Waals surface area contributed by atoms with Gasteiger partial charge in [-0.15, -0.1) is 0 Å². The smallest absolute Gasteiger partial charge is 0.226 e. The van der Waals surface area contributed by atoms with Crippen molar-refractivity contribution in [2.75, 3.05) is 13.1 Å². The number of hydrogen-bond donors (Lipinski definition) is 1. The summed E-state index contributed by atoms with van der Waals surface area (Å²) in [6.07, 6.45) is 5.80. The van der Waals surface area contributed by atoms with Crippen LogP contribution in [0.1, 0.15) is 46.0 Å². The fourth-order valence-electron chi connectivity index (χ4n) is 3.50. The molecule has 4 unspecified atom stereocenters. The highest BCUT2D eigenvalue weighted by Crippen LogP contribution is 2.34. The van der Waals surface area contributed by atoms with E-state index in [4.69, 9.17) is 5.73 Å². The maximum absolute atomic E-state index is 12.6. The van der Waals surface area contributed by atoms with Gasteiger partial charge in [-0.1, -0.05) is 13.3 Å². The van der Waals surface area contributed by atoms with Gasteiger partial charge in [-0.2, -0.15) is 0 Å². The summed E-state index contributed by atoms with van der Waals surface area (Å²) in [4.78, 5) is 14.7. The largest absolute Gasteiger partial charge is 0.339 e. The molecule has 2 rings (SSSR count). The van der Waals surface area contributed by atoms with Crippen LogP contribution in [-0.4, -0.2) is 29.9 Å². The highest BCUT2D eigenvalue weighted by atomic mass is 16.2. The Labute approximate surface area is 105 Å². The standard InChI is InChI=1S/C14H26N2O/c1-10-5-4-8-16(11(10)2)14(17)13-7-3-6-12(13)9-15/h10-13H,3-9,15H2,1-2H3. The van der Waals surface area contributed by atoms with Gasteiger partial charge >= 0.3 is 0 Å². The monoisotopic (exact) mass is 238 g/mol. The fraction of sp³-hybridized carbons (Fsp3) is 0.929. The van der Waals surface area contributed by atoms with Crippen molar-refractivity contribution < 1.29 is 4.79 Å². The lowest BCUT2D eigenvalue weighted by molar-refractivity contribution is -0.141. The van der Waals surface area contributed by atoms with Crippen LogP contribution in [0.4, 0.5) is 0 Å². The number of piperidine rings is 1. The average Bonchev–Trinajstić information content (AvgIpc) is 2.80. The SMILES string of the molecule is CC1CCCN(C(=O)C2CCCC2CN)C1C. The predicted octanol–water partition coefficient (Wildman–Crippen LogP) is 2.01. The summed E-state index contributed by atoms with van der Waals surface area (Å²) in [6, 6.07) is 0.412. The first-order valence-electron chi connectivity index (χ1n) is 7.15. The van der Waals surface area contributed by atoms with Crippen molar-refractivity contribution in [1.29, 1.82) is 0 Å². The van der Waals surface area contributed by atoms with Crippen molar-refractivity contribution in [2.45, 2.75) is 52.0 Å². The molecule has 1 aliphatic carbocycles. The number of likely N-dealkylation sites (tertiary alicyclic amines) is 1. The first kappa shape index (κ1) is 12.9. The first-order valence-corrected chi connectivity index (χ1v) is 7.15. The predicted molar refractivity (Wildman–Crippen MR) is 69.5 cm³/mol. The number of amides is 1. The van der Waals surface area contributed by atoms with Gasteiger partial charge in [0.2, 0.25) is 5.91 Å². The topological polar surface area (TPSA) is 46.3 Å². The van der Waals surface area contributed by atoms with E-state index in [1.807, 2.05) is 0 Å². The van der Waals surface area contributed by atoms with Gasteiger partial charge in [-0.3, -0.25) is 4.79 Å². The maximum Gasteiger partial charge on any atom is 0.226 e. The maximum atomic E-state index is 12.6. The summed E-state index contributed by atoms with van der Waals surface area (Å²) in [7, 11) is 0. The molecule has 0 radical (unpaired) electrons. The molecule has 3 heteroatoms. The highest BCUT2D eigenvalue weighted by Gasteiger charge is 2.38. The zero-order valence-corrected chi connectivity index (χ0v) is 11.2. The molecule has 0 aromatic carbocycles. The van der Waals surface area contributed by atoms with Crippen LogP contribution in [0.5, 0.6) is 0 Å². The van der Waals surface area contributed by atoms with Crippen molar-refractivity contribution in [3.63, 3.8) is 0 Å². The second kappa shape index (κ2) is 5.38. The van der Waals surface area contributed by atoms with E-state index in [2.05, 4.69) is 18.7 Å². The molecule has 2 fully saturated rings. The molecule has 1 saturated heterocycles. The van der Waals surface area contributed by atoms with Crippen molar-refractivity contribution in [2.24, 2.45) is 23.5 Å². The van der Waals surface area contributed by atoms with Crippen molar-refractivity contribution >= 4 is 5.91 Å². The molecule has 3 nitrogen and oxygen atoms in total. The van der Waals surface area contributed by atoms with E-state index in [1.54, 1.807) is 0 Å². The fourth-order valence-corrected chi connectivity index (χ4v) is 3.50. The van der Waals surface area contributed by atoms with Crippen LogP contribution in [0, 0.1) is 17.8 Å². The highest BCUT2D eigenvalue weighted by molar-refractivity contribution is 5.80. The van der Waals surface area contributed by atoms with Gasteiger partial charge in [0, 0.05) is 18.5 Å². The van der Waals surface area contributed by atoms with Crippen molar-refractivity contribution in [1.82, 2.24) is 4.90 Å². The molecule has 4 atom stereocenters. The van der Waals surface area contributed by atoms with Crippen LogP contribution >= 0.6 is 0 Å². The lowest BCUT2D eigenvalue weighted by Gasteiger charge is -2.40. The molecule has 0 spiro atoms. The summed E-state index contributed by atoms with van der Waals surface area (Å²) in [6.45, 7) is 6.10. The zero-order chi connectivity index (χ0) is 12.4. The molecule has 0 aromatic rings. The van der Waals surface area contributed by atoms with Gasteiger partial charge < -0.3 is 10.6 Å². The van der Waals surface area contributed by atoms with E-state index in [1.165, 1.54) is 12.8 Å². The van der Waals surface area contributed by atoms with Crippen molar-refractivity contribution in [3.8, 4) is 0 Å². The number of carbonyl (C=O) groups is 1. The Morgan fingerprint density at radius 3 is 2.71 bits per heavy atom. The lowest BCUT2D eigenvalue weighted by atomic mass is 9.88. The molecule has 1 heterocycles. The summed E-state index contributed by atoms with van der Waals surface area (Å²) in [5, 5.41) is 0. The van der Waals surface area contributed by atoms with Crippen LogP contribution in [0.25, 0.3) is 0 Å². The molecular weight excluding hydrogens is 212 g/mol. The minimum absolute atomic E-state index is 0.216. The Bertz CT molecular complexity index is 279. The third-order valence-electron chi connectivity index (χ3n) is 4.94. The lowest BCUT2D eigenvalue weighted by Crippen LogP contribution is -2.49. The van der Waals surface area contributed by atoms with Gasteiger partial charge in [0.1, 0.15) is 0 Å². The van der Waals surface area contributed by atoms with Crippen LogP contribution in [0.15, 0.2) is 0 Å². The van der Waals surface area contributed by atoms with E-state index in [0.29, 0.717) is 30.3 Å². The van der Waals surface area contributed by atoms with Crippen molar-refractivity contribution in [3.05, 3.63) is 0 Å². The van der Waals surface area contributed by atoms with E-state index in [0.717, 1.165) is 25.8 Å². The number of rotatable bonds is 2. The second-order valence-electron chi connectivity index (χ2n) is 5.92. The Hall–Kier alpha value is -0.570. The normalized spacial score (nSPS) is 38.4. The van der Waals surface area contributed by atoms with E-state index in [9.17, 15) is 4.79 Å². The number of nitrogens with two attached hydrogens (primary N) is 1. The molecule has 2 aliphatic rings. The molecule has 1 saturated carbocycles. The number of hydrogen-bond acceptors (Lipinski definition) is 2. The summed E-state index contributed by atoms with van der Waals surface area (Å²) in [5.74, 6) is 1.68. The molecule has 1 aliphatic heterocycles. The molecule has 17 heavy (non-hydrogen) atoms. The van der Waals surface area contributed by atoms with Gasteiger partial charge in [-0.25, -0.2) is 0 Å². The number of carbonyl (C=O) groups excluding carboxylic acids is 1. The Morgan fingerprint density at radius 1 is 1.24 bits per heavy atom. The van der Waals surface area contributed by atoms with Crippen LogP contribution < -0.4 is 5.73 Å². The third kappa shape index (κ3) is 2.49. The van der Waals surface area contributed by atoms with Gasteiger partial charge in [-0.05, 0) is 51.0 Å². The molecule has 0 aromatic heterocycles. The molecule has 2 N–H and O–H groups in total. The summed E-state index contributed by atoms with van der Waals surface area (Å²) in [5.41, 5.74) is 5.78. The summed E-state index contributed by atoms with van der Waals surface area (Å²) < 4.78 is 0. The molecular formula is C14H26N2O. The second-order valence-corrected chi connectivity index (χ2v) is 5.92. The Balaban J connectivity index is 2.03. The van der Waals surface area contributed by atoms with Gasteiger partial charge in [0.25, 0.3) is 0 Å². The third-order valence-corrected chi connectivity index (χ3v) is 4.94. The van der Waals surface area contributed by atoms with Gasteiger partial charge in [0.15, 0.2) is 0 Å². The van der Waals surface area contributed by atoms with Crippen LogP contribution in [0.2, 0.25) is 0 Å². The Morgan fingerprint density at radius 2 is 2.00 bits per heavy atom. The minimum Gasteiger partial charge on any atom is -0.339 e. The van der Waals surface area contributed by atoms with Crippen LogP contribution in [0.3, 0.4) is 0 Å². The quantitative estimate of drug-likeness (QED) is 0.800. The van der Waals surface area contributed by atoms with E-state index >= 15 is 0 Å². The molecule has 98 valence electrons. The zero-order valence-electron chi connectivity index (χ0n) is 11.2. The summed E-state index contributed by atoms with van der Waals surface area (Å²) >= 11 is 0. The number of nitrogens with zero attached hydrogens (tertiary/aromatic N) is 1. The first-order chi connectivity index (χ1) is 8.15. The van der Waals surface area contributed by atoms with Crippen LogP contribution in [-0.2, 0) is 4.79 Å². The average molecular weight is 238 g/mol. The van der Waals surface area contributed by atoms with Gasteiger partial charge in [0.05, 0.1) is 0 Å². The van der Waals surface area contributed by atoms with E-state index in [-0.39, 0.29) is 5.92 Å². The molecule has 0 bridgehead atoms. The Kier molecular flexibility index (Phi) is 4.08.